The van der Waals surface area contributed by atoms with Crippen molar-refractivity contribution in [2.45, 2.75) is 44.9 Å². The first kappa shape index (κ1) is 27.5. The maximum Gasteiger partial charge on any atom is 0.307 e. The predicted molar refractivity (Wildman–Crippen MR) is 134 cm³/mol. The van der Waals surface area contributed by atoms with Crippen molar-refractivity contribution in [2.75, 3.05) is 27.2 Å². The lowest BCUT2D eigenvalue weighted by Gasteiger charge is -2.24. The van der Waals surface area contributed by atoms with Crippen LogP contribution in [-0.4, -0.2) is 48.2 Å². The molecule has 0 fully saturated rings. The highest BCUT2D eigenvalue weighted by Gasteiger charge is 2.22. The highest BCUT2D eigenvalue weighted by molar-refractivity contribution is 5.83. The minimum absolute atomic E-state index is 0.161. The molecule has 0 spiro atoms. The number of aliphatic carboxylic acids is 1. The number of fused-ring (bicyclic) bond motifs is 1. The van der Waals surface area contributed by atoms with Gasteiger partial charge in [0.05, 0.1) is 24.7 Å². The number of ether oxygens (including phenoxy) is 1. The summed E-state index contributed by atoms with van der Waals surface area (Å²) in [6.45, 7) is 2.78. The average molecular weight is 503 g/mol. The fraction of sp³-hybridized carbons (Fsp3) is 0.429. The Morgan fingerprint density at radius 1 is 1.11 bits per heavy atom. The molecule has 0 bridgehead atoms. The number of aromatic nitrogens is 1. The van der Waals surface area contributed by atoms with Gasteiger partial charge in [0, 0.05) is 11.9 Å². The molecule has 0 saturated carbocycles. The van der Waals surface area contributed by atoms with E-state index in [1.165, 1.54) is 12.3 Å². The molecule has 0 radical (unpaired) electrons. The summed E-state index contributed by atoms with van der Waals surface area (Å²) in [7, 11) is 3.37. The van der Waals surface area contributed by atoms with Gasteiger partial charge in [-0.15, -0.1) is 0 Å². The molecule has 8 heteroatoms. The van der Waals surface area contributed by atoms with Gasteiger partial charge in [0.25, 0.3) is 0 Å². The number of hydrogen-bond acceptors (Lipinski definition) is 4. The fourth-order valence-electron chi connectivity index (χ4n) is 4.65. The topological polar surface area (TPSA) is 62.7 Å². The van der Waals surface area contributed by atoms with E-state index >= 15 is 0 Å². The number of carboxylic acids is 1. The number of nitrogens with zero attached hydrogens (tertiary/aromatic N) is 2. The lowest BCUT2D eigenvalue weighted by Crippen LogP contribution is -2.32. The number of aryl methyl sites for hydroxylation is 1. The second kappa shape index (κ2) is 12.7. The van der Waals surface area contributed by atoms with Crippen LogP contribution in [0.5, 0.6) is 5.75 Å². The smallest absolute Gasteiger partial charge is 0.307 e. The lowest BCUT2D eigenvalue weighted by atomic mass is 9.92. The third-order valence-corrected chi connectivity index (χ3v) is 6.74. The van der Waals surface area contributed by atoms with Crippen LogP contribution in [-0.2, 0) is 11.2 Å². The van der Waals surface area contributed by atoms with Crippen molar-refractivity contribution in [3.63, 3.8) is 0 Å². The first-order chi connectivity index (χ1) is 17.2. The average Bonchev–Trinajstić information content (AvgIpc) is 2.86. The van der Waals surface area contributed by atoms with E-state index < -0.39 is 29.3 Å². The second-order valence-electron chi connectivity index (χ2n) is 9.22. The molecular weight excluding hydrogens is 469 g/mol. The third-order valence-electron chi connectivity index (χ3n) is 6.74. The quantitative estimate of drug-likeness (QED) is 0.302. The lowest BCUT2D eigenvalue weighted by molar-refractivity contribution is -0.142. The Labute approximate surface area is 209 Å². The van der Waals surface area contributed by atoms with Crippen molar-refractivity contribution >= 4 is 16.9 Å². The molecule has 3 aromatic rings. The van der Waals surface area contributed by atoms with Gasteiger partial charge in [-0.05, 0) is 99.1 Å². The summed E-state index contributed by atoms with van der Waals surface area (Å²) in [6.07, 6.45) is 3.66. The minimum atomic E-state index is -0.910. The Bertz CT molecular complexity index is 1190. The van der Waals surface area contributed by atoms with Crippen molar-refractivity contribution in [2.24, 2.45) is 5.92 Å². The molecule has 2 atom stereocenters. The zero-order chi connectivity index (χ0) is 26.2. The van der Waals surface area contributed by atoms with Gasteiger partial charge < -0.3 is 14.7 Å². The molecule has 0 saturated heterocycles. The zero-order valence-corrected chi connectivity index (χ0v) is 20.9. The summed E-state index contributed by atoms with van der Waals surface area (Å²) in [6, 6.07) is 8.76. The highest BCUT2D eigenvalue weighted by atomic mass is 19.1. The summed E-state index contributed by atoms with van der Waals surface area (Å²) < 4.78 is 47.6. The molecular formula is C28H33F3N2O3. The van der Waals surface area contributed by atoms with Gasteiger partial charge >= 0.3 is 5.97 Å². The van der Waals surface area contributed by atoms with Crippen LogP contribution in [0.2, 0.25) is 0 Å². The molecule has 2 unspecified atom stereocenters. The fourth-order valence-corrected chi connectivity index (χ4v) is 4.65. The number of rotatable bonds is 13. The van der Waals surface area contributed by atoms with Gasteiger partial charge in [-0.2, -0.15) is 0 Å². The van der Waals surface area contributed by atoms with E-state index in [1.807, 2.05) is 18.9 Å². The van der Waals surface area contributed by atoms with E-state index in [-0.39, 0.29) is 5.92 Å². The maximum atomic E-state index is 14.6. The van der Waals surface area contributed by atoms with Crippen LogP contribution in [0.3, 0.4) is 0 Å². The van der Waals surface area contributed by atoms with E-state index in [0.29, 0.717) is 73.0 Å². The van der Waals surface area contributed by atoms with Crippen molar-refractivity contribution in [3.05, 3.63) is 71.2 Å². The molecule has 1 aromatic heterocycles. The number of carbonyl (C=O) groups is 1. The van der Waals surface area contributed by atoms with Crippen molar-refractivity contribution in [1.82, 2.24) is 9.88 Å². The van der Waals surface area contributed by atoms with Crippen LogP contribution in [0, 0.1) is 23.4 Å². The van der Waals surface area contributed by atoms with Gasteiger partial charge in [0.15, 0.2) is 0 Å². The minimum Gasteiger partial charge on any atom is -0.497 e. The number of halogens is 3. The summed E-state index contributed by atoms with van der Waals surface area (Å²) in [5, 5.41) is 10.4. The molecule has 0 amide bonds. The third kappa shape index (κ3) is 6.97. The Hall–Kier alpha value is -3.13. The van der Waals surface area contributed by atoms with Crippen molar-refractivity contribution in [1.29, 1.82) is 0 Å². The molecule has 0 aliphatic heterocycles. The molecule has 2 aromatic carbocycles. The van der Waals surface area contributed by atoms with Crippen LogP contribution in [0.1, 0.15) is 49.7 Å². The SMILES string of the molecule is CCC(CCN(C)CC(CCCc1c(F)cnc2ccc(OC)cc12)C(=O)O)c1cc(F)ccc1F. The summed E-state index contributed by atoms with van der Waals surface area (Å²) in [5.41, 5.74) is 1.50. The Kier molecular flexibility index (Phi) is 9.70. The maximum absolute atomic E-state index is 14.6. The van der Waals surface area contributed by atoms with Gasteiger partial charge in [0.2, 0.25) is 0 Å². The summed E-state index contributed by atoms with van der Waals surface area (Å²) >= 11 is 0. The van der Waals surface area contributed by atoms with Gasteiger partial charge in [-0.1, -0.05) is 6.92 Å². The molecule has 1 N–H and O–H groups in total. The zero-order valence-electron chi connectivity index (χ0n) is 20.9. The highest BCUT2D eigenvalue weighted by Crippen LogP contribution is 2.28. The number of methoxy groups -OCH3 is 1. The van der Waals surface area contributed by atoms with Crippen molar-refractivity contribution in [3.8, 4) is 5.75 Å². The molecule has 194 valence electrons. The Balaban J connectivity index is 1.59. The largest absolute Gasteiger partial charge is 0.497 e. The molecule has 5 nitrogen and oxygen atoms in total. The first-order valence-electron chi connectivity index (χ1n) is 12.2. The first-order valence-corrected chi connectivity index (χ1v) is 12.2. The number of benzene rings is 2. The van der Waals surface area contributed by atoms with Gasteiger partial charge in [-0.25, -0.2) is 13.2 Å². The van der Waals surface area contributed by atoms with Gasteiger partial charge in [0.1, 0.15) is 23.2 Å². The summed E-state index contributed by atoms with van der Waals surface area (Å²) in [5.74, 6) is -2.42. The molecule has 0 aliphatic rings. The Morgan fingerprint density at radius 3 is 2.58 bits per heavy atom. The number of pyridine rings is 1. The standard InChI is InChI=1S/C28H33F3N2O3/c1-4-18(23-14-20(29)8-10-25(23)30)12-13-33(2)17-19(28(34)35)6-5-7-22-24-15-21(36-3)9-11-27(24)32-16-26(22)31/h8-11,14-16,18-19H,4-7,12-13,17H2,1-3H3,(H,34,35). The van der Waals surface area contributed by atoms with E-state index in [0.717, 1.165) is 12.1 Å². The van der Waals surface area contributed by atoms with Crippen LogP contribution in [0.25, 0.3) is 10.9 Å². The van der Waals surface area contributed by atoms with Crippen LogP contribution < -0.4 is 4.74 Å². The van der Waals surface area contributed by atoms with Crippen LogP contribution >= 0.6 is 0 Å². The Morgan fingerprint density at radius 2 is 1.89 bits per heavy atom. The molecule has 1 heterocycles. The van der Waals surface area contributed by atoms with E-state index in [1.54, 1.807) is 25.3 Å². The van der Waals surface area contributed by atoms with E-state index in [9.17, 15) is 23.1 Å². The van der Waals surface area contributed by atoms with Crippen LogP contribution in [0.15, 0.2) is 42.6 Å². The number of hydrogen-bond donors (Lipinski definition) is 1. The summed E-state index contributed by atoms with van der Waals surface area (Å²) in [4.78, 5) is 18.0. The second-order valence-corrected chi connectivity index (χ2v) is 9.22. The van der Waals surface area contributed by atoms with E-state index in [4.69, 9.17) is 4.74 Å². The monoisotopic (exact) mass is 502 g/mol. The normalized spacial score (nSPS) is 13.2. The number of carboxylic acid groups (broad SMARTS) is 1. The molecule has 3 rings (SSSR count). The van der Waals surface area contributed by atoms with E-state index in [2.05, 4.69) is 4.98 Å². The van der Waals surface area contributed by atoms with Crippen molar-refractivity contribution < 1.29 is 27.8 Å². The van der Waals surface area contributed by atoms with Gasteiger partial charge in [-0.3, -0.25) is 9.78 Å². The molecule has 0 aliphatic carbocycles. The molecule has 36 heavy (non-hydrogen) atoms. The predicted octanol–water partition coefficient (Wildman–Crippen LogP) is 6.20. The van der Waals surface area contributed by atoms with Crippen LogP contribution in [0.4, 0.5) is 13.2 Å².